The molecule has 5 heteroatoms. The van der Waals surface area contributed by atoms with Crippen LogP contribution in [0.1, 0.15) is 56.0 Å². The molecule has 148 valence electrons. The molecule has 1 fully saturated rings. The van der Waals surface area contributed by atoms with Gasteiger partial charge in [0.15, 0.2) is 5.60 Å². The lowest BCUT2D eigenvalue weighted by Gasteiger charge is -2.39. The molecule has 0 unspecified atom stereocenters. The van der Waals surface area contributed by atoms with Crippen LogP contribution in [0.5, 0.6) is 5.75 Å². The fourth-order valence-electron chi connectivity index (χ4n) is 4.16. The lowest BCUT2D eigenvalue weighted by Crippen LogP contribution is -2.50. The van der Waals surface area contributed by atoms with E-state index in [2.05, 4.69) is 22.4 Å². The Bertz CT molecular complexity index is 844. The second-order valence-electron chi connectivity index (χ2n) is 8.49. The largest absolute Gasteiger partial charge is 0.478 e. The van der Waals surface area contributed by atoms with Crippen LogP contribution in [0.3, 0.4) is 0 Å². The Morgan fingerprint density at radius 2 is 2.00 bits per heavy atom. The predicted molar refractivity (Wildman–Crippen MR) is 107 cm³/mol. The third kappa shape index (κ3) is 3.90. The molecule has 2 N–H and O–H groups in total. The number of rotatable bonds is 6. The average molecular weight is 380 g/mol. The van der Waals surface area contributed by atoms with E-state index < -0.39 is 5.60 Å². The van der Waals surface area contributed by atoms with Crippen LogP contribution in [-0.4, -0.2) is 27.7 Å². The SMILES string of the molecule is CC(C)(Oc1ccc2c(c1)CCC2)C(=O)N[C@H](c1ccccn1)C1CC(O)C1. The number of amides is 1. The van der Waals surface area contributed by atoms with E-state index in [1.54, 1.807) is 20.0 Å². The van der Waals surface area contributed by atoms with E-state index in [9.17, 15) is 9.90 Å². The van der Waals surface area contributed by atoms with Crippen molar-refractivity contribution in [2.24, 2.45) is 5.92 Å². The van der Waals surface area contributed by atoms with Crippen LogP contribution in [0.2, 0.25) is 0 Å². The van der Waals surface area contributed by atoms with Crippen molar-refractivity contribution in [2.75, 3.05) is 0 Å². The standard InChI is InChI=1S/C23H28N2O3/c1-23(2,28-19-10-9-15-6-5-7-16(15)14-19)22(27)25-21(17-12-18(26)13-17)20-8-3-4-11-24-20/h3-4,8-11,14,17-18,21,26H,5-7,12-13H2,1-2H3,(H,25,27)/t17?,18?,21-/m0/s1. The van der Waals surface area contributed by atoms with Gasteiger partial charge in [-0.15, -0.1) is 0 Å². The van der Waals surface area contributed by atoms with Gasteiger partial charge in [0.05, 0.1) is 17.8 Å². The molecule has 4 rings (SSSR count). The fraction of sp³-hybridized carbons (Fsp3) is 0.478. The Kier molecular flexibility index (Phi) is 5.11. The first-order chi connectivity index (χ1) is 13.4. The van der Waals surface area contributed by atoms with Crippen molar-refractivity contribution in [1.29, 1.82) is 0 Å². The highest BCUT2D eigenvalue weighted by Gasteiger charge is 2.39. The van der Waals surface area contributed by atoms with Crippen LogP contribution in [0.15, 0.2) is 42.6 Å². The maximum atomic E-state index is 13.1. The molecule has 1 aromatic carbocycles. The minimum Gasteiger partial charge on any atom is -0.478 e. The predicted octanol–water partition coefficient (Wildman–Crippen LogP) is 3.36. The molecule has 0 bridgehead atoms. The number of aromatic nitrogens is 1. The Balaban J connectivity index is 1.48. The van der Waals surface area contributed by atoms with Crippen molar-refractivity contribution in [1.82, 2.24) is 10.3 Å². The minimum atomic E-state index is -1.01. The first-order valence-corrected chi connectivity index (χ1v) is 10.1. The summed E-state index contributed by atoms with van der Waals surface area (Å²) in [4.78, 5) is 17.5. The molecule has 2 aliphatic rings. The van der Waals surface area contributed by atoms with Gasteiger partial charge in [-0.1, -0.05) is 12.1 Å². The monoisotopic (exact) mass is 380 g/mol. The molecule has 0 aliphatic heterocycles. The number of carbonyl (C=O) groups is 1. The van der Waals surface area contributed by atoms with Crippen molar-refractivity contribution in [2.45, 2.75) is 63.7 Å². The van der Waals surface area contributed by atoms with Gasteiger partial charge in [0, 0.05) is 6.20 Å². The van der Waals surface area contributed by atoms with E-state index in [1.165, 1.54) is 17.5 Å². The lowest BCUT2D eigenvalue weighted by atomic mass is 9.76. The fourth-order valence-corrected chi connectivity index (χ4v) is 4.16. The topological polar surface area (TPSA) is 71.5 Å². The molecule has 0 saturated heterocycles. The molecular formula is C23H28N2O3. The zero-order chi connectivity index (χ0) is 19.7. The number of aliphatic hydroxyl groups is 1. The van der Waals surface area contributed by atoms with Crippen LogP contribution >= 0.6 is 0 Å². The second kappa shape index (κ2) is 7.55. The van der Waals surface area contributed by atoms with Crippen molar-refractivity contribution in [3.8, 4) is 5.75 Å². The quantitative estimate of drug-likeness (QED) is 0.806. The van der Waals surface area contributed by atoms with Crippen LogP contribution in [0.4, 0.5) is 0 Å². The van der Waals surface area contributed by atoms with Crippen molar-refractivity contribution < 1.29 is 14.6 Å². The molecular weight excluding hydrogens is 352 g/mol. The zero-order valence-corrected chi connectivity index (χ0v) is 16.5. The maximum Gasteiger partial charge on any atom is 0.264 e. The number of aliphatic hydroxyl groups excluding tert-OH is 1. The Labute approximate surface area is 166 Å². The van der Waals surface area contributed by atoms with E-state index >= 15 is 0 Å². The van der Waals surface area contributed by atoms with Gasteiger partial charge in [-0.3, -0.25) is 9.78 Å². The van der Waals surface area contributed by atoms with Crippen LogP contribution in [0, 0.1) is 5.92 Å². The summed E-state index contributed by atoms with van der Waals surface area (Å²) in [6.07, 6.45) is 6.17. The summed E-state index contributed by atoms with van der Waals surface area (Å²) < 4.78 is 6.10. The van der Waals surface area contributed by atoms with E-state index in [0.29, 0.717) is 12.8 Å². The summed E-state index contributed by atoms with van der Waals surface area (Å²) in [6.45, 7) is 3.58. The van der Waals surface area contributed by atoms with Crippen LogP contribution in [-0.2, 0) is 17.6 Å². The molecule has 0 spiro atoms. The molecule has 1 amide bonds. The maximum absolute atomic E-state index is 13.1. The number of pyridine rings is 1. The van der Waals surface area contributed by atoms with Gasteiger partial charge in [-0.05, 0) is 87.3 Å². The molecule has 28 heavy (non-hydrogen) atoms. The van der Waals surface area contributed by atoms with Gasteiger partial charge < -0.3 is 15.2 Å². The van der Waals surface area contributed by atoms with Gasteiger partial charge in [-0.2, -0.15) is 0 Å². The number of fused-ring (bicyclic) bond motifs is 1. The third-order valence-corrected chi connectivity index (χ3v) is 5.90. The van der Waals surface area contributed by atoms with E-state index in [4.69, 9.17) is 4.74 Å². The van der Waals surface area contributed by atoms with Gasteiger partial charge in [0.25, 0.3) is 5.91 Å². The van der Waals surface area contributed by atoms with E-state index in [0.717, 1.165) is 24.3 Å². The molecule has 1 saturated carbocycles. The second-order valence-corrected chi connectivity index (χ2v) is 8.49. The van der Waals surface area contributed by atoms with Gasteiger partial charge >= 0.3 is 0 Å². The van der Waals surface area contributed by atoms with Crippen molar-refractivity contribution in [3.63, 3.8) is 0 Å². The van der Waals surface area contributed by atoms with Gasteiger partial charge in [-0.25, -0.2) is 0 Å². The molecule has 2 aliphatic carbocycles. The number of ether oxygens (including phenoxy) is 1. The summed E-state index contributed by atoms with van der Waals surface area (Å²) >= 11 is 0. The summed E-state index contributed by atoms with van der Waals surface area (Å²) in [5, 5.41) is 12.9. The molecule has 0 radical (unpaired) electrons. The van der Waals surface area contributed by atoms with Crippen LogP contribution in [0.25, 0.3) is 0 Å². The van der Waals surface area contributed by atoms with Gasteiger partial charge in [0.1, 0.15) is 5.75 Å². The first-order valence-electron chi connectivity index (χ1n) is 10.1. The Morgan fingerprint density at radius 1 is 1.21 bits per heavy atom. The highest BCUT2D eigenvalue weighted by molar-refractivity contribution is 5.85. The van der Waals surface area contributed by atoms with E-state index in [-0.39, 0.29) is 24.0 Å². The van der Waals surface area contributed by atoms with Crippen LogP contribution < -0.4 is 10.1 Å². The average Bonchev–Trinajstić information content (AvgIpc) is 3.12. The normalized spacial score (nSPS) is 22.1. The molecule has 2 aromatic rings. The molecule has 1 atom stereocenters. The number of nitrogens with zero attached hydrogens (tertiary/aromatic N) is 1. The Hall–Kier alpha value is -2.40. The third-order valence-electron chi connectivity index (χ3n) is 5.90. The Morgan fingerprint density at radius 3 is 2.71 bits per heavy atom. The highest BCUT2D eigenvalue weighted by atomic mass is 16.5. The van der Waals surface area contributed by atoms with Crippen molar-refractivity contribution in [3.05, 3.63) is 59.4 Å². The lowest BCUT2D eigenvalue weighted by molar-refractivity contribution is -0.136. The summed E-state index contributed by atoms with van der Waals surface area (Å²) in [5.41, 5.74) is 2.51. The summed E-state index contributed by atoms with van der Waals surface area (Å²) in [6, 6.07) is 11.6. The van der Waals surface area contributed by atoms with E-state index in [1.807, 2.05) is 24.3 Å². The number of hydrogen-bond donors (Lipinski definition) is 2. The molecule has 1 aromatic heterocycles. The number of aryl methyl sites for hydroxylation is 2. The number of nitrogens with one attached hydrogen (secondary N) is 1. The zero-order valence-electron chi connectivity index (χ0n) is 16.5. The smallest absolute Gasteiger partial charge is 0.264 e. The number of benzene rings is 1. The highest BCUT2D eigenvalue weighted by Crippen LogP contribution is 2.38. The summed E-state index contributed by atoms with van der Waals surface area (Å²) in [7, 11) is 0. The van der Waals surface area contributed by atoms with Gasteiger partial charge in [0.2, 0.25) is 0 Å². The van der Waals surface area contributed by atoms with Crippen molar-refractivity contribution >= 4 is 5.91 Å². The molecule has 1 heterocycles. The number of hydrogen-bond acceptors (Lipinski definition) is 4. The number of carbonyl (C=O) groups excluding carboxylic acids is 1. The molecule has 5 nitrogen and oxygen atoms in total. The minimum absolute atomic E-state index is 0.176. The summed E-state index contributed by atoms with van der Waals surface area (Å²) in [5.74, 6) is 0.740. The first kappa shape index (κ1) is 18.9.